The fourth-order valence-electron chi connectivity index (χ4n) is 1.63. The lowest BCUT2D eigenvalue weighted by Crippen LogP contribution is -2.24. The van der Waals surface area contributed by atoms with Crippen molar-refractivity contribution in [1.29, 1.82) is 0 Å². The Hall–Kier alpha value is -0.120. The lowest BCUT2D eigenvalue weighted by atomic mass is 10.0. The summed E-state index contributed by atoms with van der Waals surface area (Å²) in [5, 5.41) is 12.8. The van der Waals surface area contributed by atoms with Crippen molar-refractivity contribution in [2.75, 3.05) is 19.7 Å². The molecule has 2 unspecified atom stereocenters. The number of hydrogen-bond donors (Lipinski definition) is 2. The Morgan fingerprint density at radius 3 is 2.50 bits per heavy atom. The Kier molecular flexibility index (Phi) is 11.3. The van der Waals surface area contributed by atoms with Crippen LogP contribution in [0.4, 0.5) is 0 Å². The van der Waals surface area contributed by atoms with Gasteiger partial charge in [-0.3, -0.25) is 0 Å². The van der Waals surface area contributed by atoms with E-state index in [9.17, 15) is 5.11 Å². The van der Waals surface area contributed by atoms with Crippen molar-refractivity contribution in [2.45, 2.75) is 59.2 Å². The van der Waals surface area contributed by atoms with Gasteiger partial charge in [0.2, 0.25) is 0 Å². The van der Waals surface area contributed by atoms with E-state index < -0.39 is 6.29 Å². The Morgan fingerprint density at radius 2 is 1.94 bits per heavy atom. The third kappa shape index (κ3) is 9.13. The first-order valence-electron chi connectivity index (χ1n) is 6.74. The topological polar surface area (TPSA) is 41.5 Å². The summed E-state index contributed by atoms with van der Waals surface area (Å²) >= 11 is 0. The van der Waals surface area contributed by atoms with Gasteiger partial charge in [0.25, 0.3) is 0 Å². The molecule has 16 heavy (non-hydrogen) atoms. The summed E-state index contributed by atoms with van der Waals surface area (Å²) in [4.78, 5) is 0. The zero-order chi connectivity index (χ0) is 12.2. The smallest absolute Gasteiger partial charge is 0.155 e. The van der Waals surface area contributed by atoms with Gasteiger partial charge in [-0.05, 0) is 25.4 Å². The molecule has 0 aromatic heterocycles. The van der Waals surface area contributed by atoms with Crippen molar-refractivity contribution in [3.05, 3.63) is 0 Å². The van der Waals surface area contributed by atoms with Gasteiger partial charge in [0, 0.05) is 6.42 Å². The van der Waals surface area contributed by atoms with Crippen molar-refractivity contribution in [3.8, 4) is 0 Å². The molecule has 98 valence electrons. The number of unbranched alkanes of at least 4 members (excludes halogenated alkanes) is 1. The maximum absolute atomic E-state index is 9.58. The predicted octanol–water partition coefficient (Wildman–Crippen LogP) is 2.54. The van der Waals surface area contributed by atoms with Crippen LogP contribution in [0.25, 0.3) is 0 Å². The third-order valence-electron chi connectivity index (χ3n) is 2.89. The summed E-state index contributed by atoms with van der Waals surface area (Å²) in [5.74, 6) is 0.605. The number of aliphatic hydroxyl groups excluding tert-OH is 1. The number of hydrogen-bond acceptors (Lipinski definition) is 3. The maximum atomic E-state index is 9.58. The summed E-state index contributed by atoms with van der Waals surface area (Å²) in [6, 6.07) is 0. The van der Waals surface area contributed by atoms with Gasteiger partial charge in [0.1, 0.15) is 0 Å². The SMILES string of the molecule is CCCCC(CC)COC(O)CCNCC. The largest absolute Gasteiger partial charge is 0.368 e. The van der Waals surface area contributed by atoms with E-state index in [4.69, 9.17) is 4.74 Å². The van der Waals surface area contributed by atoms with Crippen LogP contribution in [0, 0.1) is 5.92 Å². The number of rotatable bonds is 11. The third-order valence-corrected chi connectivity index (χ3v) is 2.89. The number of nitrogens with one attached hydrogen (secondary N) is 1. The molecule has 2 N–H and O–H groups in total. The molecule has 0 rings (SSSR count). The van der Waals surface area contributed by atoms with Gasteiger partial charge in [-0.2, -0.15) is 0 Å². The number of aliphatic hydroxyl groups is 1. The van der Waals surface area contributed by atoms with Crippen molar-refractivity contribution in [1.82, 2.24) is 5.32 Å². The molecule has 0 heterocycles. The molecule has 0 radical (unpaired) electrons. The van der Waals surface area contributed by atoms with Gasteiger partial charge < -0.3 is 15.2 Å². The molecule has 0 aliphatic heterocycles. The first kappa shape index (κ1) is 15.9. The zero-order valence-corrected chi connectivity index (χ0v) is 11.2. The predicted molar refractivity (Wildman–Crippen MR) is 68.4 cm³/mol. The minimum atomic E-state index is -0.602. The highest BCUT2D eigenvalue weighted by Gasteiger charge is 2.09. The molecule has 0 aliphatic rings. The molecular weight excluding hydrogens is 202 g/mol. The minimum Gasteiger partial charge on any atom is -0.368 e. The van der Waals surface area contributed by atoms with E-state index in [1.54, 1.807) is 0 Å². The summed E-state index contributed by atoms with van der Waals surface area (Å²) in [5.41, 5.74) is 0. The summed E-state index contributed by atoms with van der Waals surface area (Å²) in [7, 11) is 0. The summed E-state index contributed by atoms with van der Waals surface area (Å²) < 4.78 is 5.45. The highest BCUT2D eigenvalue weighted by atomic mass is 16.6. The molecule has 3 nitrogen and oxygen atoms in total. The maximum Gasteiger partial charge on any atom is 0.155 e. The molecule has 0 aromatic carbocycles. The molecule has 0 saturated carbocycles. The fourth-order valence-corrected chi connectivity index (χ4v) is 1.63. The second-order valence-corrected chi connectivity index (χ2v) is 4.35. The molecule has 0 fully saturated rings. The molecule has 0 spiro atoms. The molecule has 0 aliphatic carbocycles. The van der Waals surface area contributed by atoms with E-state index in [0.29, 0.717) is 18.9 Å². The van der Waals surface area contributed by atoms with Crippen LogP contribution in [0.15, 0.2) is 0 Å². The Morgan fingerprint density at radius 1 is 1.19 bits per heavy atom. The Balaban J connectivity index is 3.50. The van der Waals surface area contributed by atoms with Crippen LogP contribution < -0.4 is 5.32 Å². The van der Waals surface area contributed by atoms with E-state index in [-0.39, 0.29) is 0 Å². The zero-order valence-electron chi connectivity index (χ0n) is 11.2. The molecule has 3 heteroatoms. The van der Waals surface area contributed by atoms with E-state index >= 15 is 0 Å². The lowest BCUT2D eigenvalue weighted by Gasteiger charge is -2.18. The van der Waals surface area contributed by atoms with Crippen molar-refractivity contribution in [2.24, 2.45) is 5.92 Å². The van der Waals surface area contributed by atoms with Gasteiger partial charge in [-0.1, -0.05) is 40.0 Å². The molecule has 0 bridgehead atoms. The molecule has 0 aromatic rings. The molecule has 2 atom stereocenters. The normalized spacial score (nSPS) is 15.0. The second kappa shape index (κ2) is 11.4. The van der Waals surface area contributed by atoms with Gasteiger partial charge >= 0.3 is 0 Å². The average molecular weight is 231 g/mol. The second-order valence-electron chi connectivity index (χ2n) is 4.35. The average Bonchev–Trinajstić information content (AvgIpc) is 2.30. The van der Waals surface area contributed by atoms with Gasteiger partial charge in [0.05, 0.1) is 6.61 Å². The monoisotopic (exact) mass is 231 g/mol. The minimum absolute atomic E-state index is 0.602. The number of ether oxygens (including phenoxy) is 1. The van der Waals surface area contributed by atoms with Gasteiger partial charge in [0.15, 0.2) is 6.29 Å². The van der Waals surface area contributed by atoms with Gasteiger partial charge in [-0.15, -0.1) is 0 Å². The van der Waals surface area contributed by atoms with Crippen LogP contribution in [0.5, 0.6) is 0 Å². The summed E-state index contributed by atoms with van der Waals surface area (Å²) in [6.45, 7) is 8.92. The standard InChI is InChI=1S/C13H29NO2/c1-4-7-8-12(5-2)11-16-13(15)9-10-14-6-3/h12-15H,4-11H2,1-3H3. The van der Waals surface area contributed by atoms with Crippen LogP contribution in [0.3, 0.4) is 0 Å². The molecular formula is C13H29NO2. The van der Waals surface area contributed by atoms with Gasteiger partial charge in [-0.25, -0.2) is 0 Å². The highest BCUT2D eigenvalue weighted by Crippen LogP contribution is 2.13. The fraction of sp³-hybridized carbons (Fsp3) is 1.00. The van der Waals surface area contributed by atoms with Crippen LogP contribution in [0.2, 0.25) is 0 Å². The van der Waals surface area contributed by atoms with Crippen LogP contribution in [-0.2, 0) is 4.74 Å². The Labute approximate surface area is 101 Å². The van der Waals surface area contributed by atoms with E-state index in [1.165, 1.54) is 19.3 Å². The van der Waals surface area contributed by atoms with Crippen molar-refractivity contribution < 1.29 is 9.84 Å². The van der Waals surface area contributed by atoms with Crippen LogP contribution >= 0.6 is 0 Å². The molecule has 0 amide bonds. The van der Waals surface area contributed by atoms with E-state index in [0.717, 1.165) is 19.5 Å². The molecule has 0 saturated heterocycles. The van der Waals surface area contributed by atoms with E-state index in [1.807, 2.05) is 0 Å². The van der Waals surface area contributed by atoms with Crippen molar-refractivity contribution in [3.63, 3.8) is 0 Å². The van der Waals surface area contributed by atoms with Crippen LogP contribution in [0.1, 0.15) is 52.9 Å². The first-order chi connectivity index (χ1) is 7.74. The highest BCUT2D eigenvalue weighted by molar-refractivity contribution is 4.57. The van der Waals surface area contributed by atoms with Crippen molar-refractivity contribution >= 4 is 0 Å². The van der Waals surface area contributed by atoms with E-state index in [2.05, 4.69) is 26.1 Å². The quantitative estimate of drug-likeness (QED) is 0.424. The first-order valence-corrected chi connectivity index (χ1v) is 6.74. The lowest BCUT2D eigenvalue weighted by molar-refractivity contribution is -0.113. The van der Waals surface area contributed by atoms with Crippen LogP contribution in [-0.4, -0.2) is 31.1 Å². The Bertz CT molecular complexity index is 142. The summed E-state index contributed by atoms with van der Waals surface area (Å²) in [6.07, 6.45) is 4.93.